The van der Waals surface area contributed by atoms with Crippen LogP contribution in [-0.2, 0) is 0 Å². The van der Waals surface area contributed by atoms with Gasteiger partial charge in [0.25, 0.3) is 0 Å². The highest BCUT2D eigenvalue weighted by atomic mass is 16.5. The molecule has 0 saturated carbocycles. The summed E-state index contributed by atoms with van der Waals surface area (Å²) >= 11 is 0. The van der Waals surface area contributed by atoms with Crippen LogP contribution in [0.2, 0.25) is 0 Å². The third kappa shape index (κ3) is 2.77. The zero-order valence-corrected chi connectivity index (χ0v) is 10.3. The molecule has 5 heteroatoms. The lowest BCUT2D eigenvalue weighted by atomic mass is 10.2. The fraction of sp³-hybridized carbons (Fsp3) is 0.0714. The van der Waals surface area contributed by atoms with Gasteiger partial charge in [-0.25, -0.2) is 4.79 Å². The Kier molecular flexibility index (Phi) is 3.56. The molecule has 0 heterocycles. The molecule has 19 heavy (non-hydrogen) atoms. The van der Waals surface area contributed by atoms with Crippen molar-refractivity contribution in [1.82, 2.24) is 0 Å². The number of anilines is 1. The Hall–Kier alpha value is -2.69. The van der Waals surface area contributed by atoms with Gasteiger partial charge in [-0.1, -0.05) is 12.1 Å². The van der Waals surface area contributed by atoms with E-state index in [0.717, 1.165) is 0 Å². The minimum absolute atomic E-state index is 0.0956. The Balaban J connectivity index is 2.34. The number of carboxylic acid groups (broad SMARTS) is 1. The molecule has 2 aromatic rings. The van der Waals surface area contributed by atoms with Gasteiger partial charge in [0.2, 0.25) is 0 Å². The van der Waals surface area contributed by atoms with Gasteiger partial charge in [0.15, 0.2) is 0 Å². The zero-order valence-electron chi connectivity index (χ0n) is 10.3. The van der Waals surface area contributed by atoms with Crippen molar-refractivity contribution in [2.45, 2.75) is 0 Å². The average Bonchev–Trinajstić information content (AvgIpc) is 2.41. The van der Waals surface area contributed by atoms with Crippen molar-refractivity contribution < 1.29 is 19.4 Å². The summed E-state index contributed by atoms with van der Waals surface area (Å²) in [4.78, 5) is 11.1. The van der Waals surface area contributed by atoms with Crippen LogP contribution in [0.15, 0.2) is 42.5 Å². The summed E-state index contributed by atoms with van der Waals surface area (Å²) in [5, 5.41) is 9.06. The molecule has 0 saturated heterocycles. The van der Waals surface area contributed by atoms with E-state index in [1.165, 1.54) is 13.2 Å². The highest BCUT2D eigenvalue weighted by Gasteiger charge is 2.11. The van der Waals surface area contributed by atoms with E-state index in [-0.39, 0.29) is 11.3 Å². The molecule has 0 aliphatic heterocycles. The first-order chi connectivity index (χ1) is 9.11. The van der Waals surface area contributed by atoms with Crippen LogP contribution in [0.3, 0.4) is 0 Å². The van der Waals surface area contributed by atoms with Crippen molar-refractivity contribution in [3.8, 4) is 17.2 Å². The van der Waals surface area contributed by atoms with Crippen molar-refractivity contribution in [2.75, 3.05) is 12.8 Å². The summed E-state index contributed by atoms with van der Waals surface area (Å²) in [5.74, 6) is 0.157. The molecule has 0 amide bonds. The van der Waals surface area contributed by atoms with Crippen LogP contribution >= 0.6 is 0 Å². The van der Waals surface area contributed by atoms with Gasteiger partial charge >= 0.3 is 5.97 Å². The fourth-order valence-corrected chi connectivity index (χ4v) is 1.61. The number of para-hydroxylation sites is 1. The number of rotatable bonds is 4. The summed E-state index contributed by atoms with van der Waals surface area (Å²) in [6.45, 7) is 0. The second-order valence-corrected chi connectivity index (χ2v) is 3.81. The third-order valence-corrected chi connectivity index (χ3v) is 2.55. The number of methoxy groups -OCH3 is 1. The number of aromatic carboxylic acids is 1. The number of carboxylic acids is 1. The Morgan fingerprint density at radius 1 is 1.16 bits per heavy atom. The lowest BCUT2D eigenvalue weighted by Gasteiger charge is -2.10. The molecule has 0 atom stereocenters. The van der Waals surface area contributed by atoms with E-state index < -0.39 is 5.97 Å². The predicted molar refractivity (Wildman–Crippen MR) is 70.9 cm³/mol. The summed E-state index contributed by atoms with van der Waals surface area (Å²) < 4.78 is 10.6. The van der Waals surface area contributed by atoms with Crippen molar-refractivity contribution >= 4 is 11.7 Å². The molecule has 98 valence electrons. The van der Waals surface area contributed by atoms with Gasteiger partial charge in [0.1, 0.15) is 22.8 Å². The number of nitrogen functional groups attached to an aromatic ring is 1. The van der Waals surface area contributed by atoms with Gasteiger partial charge in [-0.05, 0) is 24.3 Å². The fourth-order valence-electron chi connectivity index (χ4n) is 1.61. The predicted octanol–water partition coefficient (Wildman–Crippen LogP) is 2.77. The van der Waals surface area contributed by atoms with Gasteiger partial charge in [0, 0.05) is 6.07 Å². The molecule has 2 rings (SSSR count). The molecule has 3 N–H and O–H groups in total. The van der Waals surface area contributed by atoms with Crippen molar-refractivity contribution in [3.63, 3.8) is 0 Å². The Morgan fingerprint density at radius 3 is 2.58 bits per heavy atom. The molecule has 2 aromatic carbocycles. The van der Waals surface area contributed by atoms with E-state index in [2.05, 4.69) is 0 Å². The van der Waals surface area contributed by atoms with Crippen LogP contribution in [0.25, 0.3) is 0 Å². The van der Waals surface area contributed by atoms with Crippen molar-refractivity contribution in [3.05, 3.63) is 48.0 Å². The van der Waals surface area contributed by atoms with Gasteiger partial charge in [-0.15, -0.1) is 0 Å². The first-order valence-electron chi connectivity index (χ1n) is 5.55. The first kappa shape index (κ1) is 12.8. The van der Waals surface area contributed by atoms with Crippen LogP contribution in [0.1, 0.15) is 10.4 Å². The molecule has 0 fully saturated rings. The molecular weight excluding hydrogens is 246 g/mol. The van der Waals surface area contributed by atoms with E-state index in [1.54, 1.807) is 36.4 Å². The molecule has 0 bridgehead atoms. The van der Waals surface area contributed by atoms with E-state index in [1.807, 2.05) is 0 Å². The lowest BCUT2D eigenvalue weighted by Crippen LogP contribution is -2.00. The van der Waals surface area contributed by atoms with Crippen LogP contribution in [0, 0.1) is 0 Å². The van der Waals surface area contributed by atoms with E-state index >= 15 is 0 Å². The third-order valence-electron chi connectivity index (χ3n) is 2.55. The van der Waals surface area contributed by atoms with Gasteiger partial charge < -0.3 is 20.3 Å². The maximum absolute atomic E-state index is 11.1. The summed E-state index contributed by atoms with van der Waals surface area (Å²) in [6.07, 6.45) is 0. The Labute approximate surface area is 110 Å². The first-order valence-corrected chi connectivity index (χ1v) is 5.55. The quantitative estimate of drug-likeness (QED) is 0.825. The molecule has 0 radical (unpaired) electrons. The topological polar surface area (TPSA) is 81.8 Å². The minimum Gasteiger partial charge on any atom is -0.494 e. The summed E-state index contributed by atoms with van der Waals surface area (Å²) in [5.41, 5.74) is 6.28. The van der Waals surface area contributed by atoms with Crippen molar-refractivity contribution in [2.24, 2.45) is 0 Å². The number of ether oxygens (including phenoxy) is 2. The van der Waals surface area contributed by atoms with E-state index in [0.29, 0.717) is 17.2 Å². The number of hydrogen-bond acceptors (Lipinski definition) is 4. The number of nitrogens with two attached hydrogens (primary N) is 1. The molecular formula is C14H13NO4. The molecule has 0 unspecified atom stereocenters. The van der Waals surface area contributed by atoms with Gasteiger partial charge in [-0.2, -0.15) is 0 Å². The second kappa shape index (κ2) is 5.30. The minimum atomic E-state index is -1.04. The maximum atomic E-state index is 11.1. The van der Waals surface area contributed by atoms with Crippen LogP contribution in [0.4, 0.5) is 5.69 Å². The van der Waals surface area contributed by atoms with Crippen molar-refractivity contribution in [1.29, 1.82) is 0 Å². The SMILES string of the molecule is COc1cc(Oc2ccccc2C(=O)O)ccc1N. The van der Waals surface area contributed by atoms with Crippen LogP contribution in [-0.4, -0.2) is 18.2 Å². The Bertz CT molecular complexity index is 610. The largest absolute Gasteiger partial charge is 0.494 e. The maximum Gasteiger partial charge on any atom is 0.339 e. The normalized spacial score (nSPS) is 9.95. The molecule has 0 aliphatic rings. The highest BCUT2D eigenvalue weighted by molar-refractivity contribution is 5.90. The number of benzene rings is 2. The average molecular weight is 259 g/mol. The zero-order chi connectivity index (χ0) is 13.8. The Morgan fingerprint density at radius 2 is 1.89 bits per heavy atom. The molecule has 0 aromatic heterocycles. The highest BCUT2D eigenvalue weighted by Crippen LogP contribution is 2.31. The van der Waals surface area contributed by atoms with E-state index in [9.17, 15) is 4.79 Å². The number of carbonyl (C=O) groups is 1. The van der Waals surface area contributed by atoms with Gasteiger partial charge in [0.05, 0.1) is 12.8 Å². The second-order valence-electron chi connectivity index (χ2n) is 3.81. The van der Waals surface area contributed by atoms with Crippen LogP contribution < -0.4 is 15.2 Å². The summed E-state index contributed by atoms with van der Waals surface area (Å²) in [7, 11) is 1.50. The standard InChI is InChI=1S/C14H13NO4/c1-18-13-8-9(6-7-11(13)15)19-12-5-3-2-4-10(12)14(16)17/h2-8H,15H2,1H3,(H,16,17). The molecule has 0 spiro atoms. The number of hydrogen-bond donors (Lipinski definition) is 2. The molecule has 0 aliphatic carbocycles. The smallest absolute Gasteiger partial charge is 0.339 e. The summed E-state index contributed by atoms with van der Waals surface area (Å²) in [6, 6.07) is 11.3. The van der Waals surface area contributed by atoms with E-state index in [4.69, 9.17) is 20.3 Å². The van der Waals surface area contributed by atoms with Crippen LogP contribution in [0.5, 0.6) is 17.2 Å². The monoisotopic (exact) mass is 259 g/mol. The van der Waals surface area contributed by atoms with Gasteiger partial charge in [-0.3, -0.25) is 0 Å². The molecule has 5 nitrogen and oxygen atoms in total. The lowest BCUT2D eigenvalue weighted by molar-refractivity contribution is 0.0694.